The molecule has 5 nitrogen and oxygen atoms in total. The van der Waals surface area contributed by atoms with Gasteiger partial charge >= 0.3 is 11.9 Å². The molecule has 3 atom stereocenters. The highest BCUT2D eigenvalue weighted by Crippen LogP contribution is 2.30. The number of hydrogen-bond acceptors (Lipinski definition) is 3. The molecule has 0 aromatic heterocycles. The van der Waals surface area contributed by atoms with Crippen LogP contribution < -0.4 is 0 Å². The van der Waals surface area contributed by atoms with Crippen LogP contribution in [0.3, 0.4) is 0 Å². The lowest BCUT2D eigenvalue weighted by atomic mass is 9.78. The van der Waals surface area contributed by atoms with Crippen LogP contribution >= 0.6 is 0 Å². The standard InChI is InChI=1S/C8H12O5/c9-4-1-2-5(7(10)11)6(3-4)8(12)13/h4-6,9H,1-3H2,(H,10,11)(H,12,13)/t4?,5-,6-/m1/s1. The van der Waals surface area contributed by atoms with Crippen LogP contribution in [0.1, 0.15) is 19.3 Å². The van der Waals surface area contributed by atoms with Crippen molar-refractivity contribution in [2.75, 3.05) is 0 Å². The molecule has 1 aliphatic carbocycles. The molecule has 1 fully saturated rings. The van der Waals surface area contributed by atoms with Crippen LogP contribution in [-0.4, -0.2) is 33.4 Å². The lowest BCUT2D eigenvalue weighted by molar-refractivity contribution is -0.157. The van der Waals surface area contributed by atoms with Crippen molar-refractivity contribution in [2.45, 2.75) is 25.4 Å². The average Bonchev–Trinajstić information content (AvgIpc) is 2.03. The number of carbonyl (C=O) groups is 2. The average molecular weight is 188 g/mol. The first kappa shape index (κ1) is 9.98. The molecule has 74 valence electrons. The van der Waals surface area contributed by atoms with Gasteiger partial charge in [0, 0.05) is 0 Å². The van der Waals surface area contributed by atoms with Crippen molar-refractivity contribution in [2.24, 2.45) is 11.8 Å². The van der Waals surface area contributed by atoms with Crippen molar-refractivity contribution in [3.05, 3.63) is 0 Å². The minimum atomic E-state index is -1.13. The molecule has 1 rings (SSSR count). The number of aliphatic hydroxyl groups is 1. The van der Waals surface area contributed by atoms with Gasteiger partial charge in [-0.05, 0) is 19.3 Å². The van der Waals surface area contributed by atoms with E-state index in [9.17, 15) is 14.7 Å². The Labute approximate surface area is 75.0 Å². The predicted molar refractivity (Wildman–Crippen MR) is 42.1 cm³/mol. The molecule has 0 aliphatic heterocycles. The summed E-state index contributed by atoms with van der Waals surface area (Å²) in [5, 5.41) is 26.6. The zero-order chi connectivity index (χ0) is 10.0. The van der Waals surface area contributed by atoms with E-state index in [2.05, 4.69) is 0 Å². The third kappa shape index (κ3) is 2.18. The van der Waals surface area contributed by atoms with E-state index >= 15 is 0 Å². The fourth-order valence-corrected chi connectivity index (χ4v) is 1.72. The van der Waals surface area contributed by atoms with Crippen LogP contribution in [0.2, 0.25) is 0 Å². The smallest absolute Gasteiger partial charge is 0.307 e. The van der Waals surface area contributed by atoms with E-state index in [1.165, 1.54) is 0 Å². The van der Waals surface area contributed by atoms with Crippen LogP contribution in [0, 0.1) is 11.8 Å². The first-order valence-corrected chi connectivity index (χ1v) is 4.16. The number of carboxylic acid groups (broad SMARTS) is 2. The lowest BCUT2D eigenvalue weighted by Gasteiger charge is -2.28. The van der Waals surface area contributed by atoms with Gasteiger partial charge in [-0.15, -0.1) is 0 Å². The summed E-state index contributed by atoms with van der Waals surface area (Å²) in [6.45, 7) is 0. The lowest BCUT2D eigenvalue weighted by Crippen LogP contribution is -2.37. The van der Waals surface area contributed by atoms with Crippen LogP contribution in [0.25, 0.3) is 0 Å². The Hall–Kier alpha value is -1.10. The van der Waals surface area contributed by atoms with Crippen molar-refractivity contribution in [1.29, 1.82) is 0 Å². The molecule has 0 radical (unpaired) electrons. The van der Waals surface area contributed by atoms with Crippen LogP contribution in [0.5, 0.6) is 0 Å². The summed E-state index contributed by atoms with van der Waals surface area (Å²) in [6, 6.07) is 0. The van der Waals surface area contributed by atoms with Gasteiger partial charge in [-0.25, -0.2) is 0 Å². The SMILES string of the molecule is O=C(O)[C@@H]1CCC(O)C[C@H]1C(=O)O. The summed E-state index contributed by atoms with van der Waals surface area (Å²) in [5.41, 5.74) is 0. The Morgan fingerprint density at radius 3 is 2.00 bits per heavy atom. The molecule has 5 heteroatoms. The summed E-state index contributed by atoms with van der Waals surface area (Å²) in [7, 11) is 0. The molecule has 0 spiro atoms. The second kappa shape index (κ2) is 3.74. The molecule has 13 heavy (non-hydrogen) atoms. The van der Waals surface area contributed by atoms with Gasteiger partial charge in [-0.3, -0.25) is 9.59 Å². The van der Waals surface area contributed by atoms with Crippen LogP contribution in [-0.2, 0) is 9.59 Å². The maximum Gasteiger partial charge on any atom is 0.307 e. The highest BCUT2D eigenvalue weighted by molar-refractivity contribution is 5.80. The molecule has 0 saturated heterocycles. The van der Waals surface area contributed by atoms with Gasteiger partial charge in [0.2, 0.25) is 0 Å². The molecule has 0 amide bonds. The minimum Gasteiger partial charge on any atom is -0.481 e. The molecule has 0 aromatic rings. The number of hydrogen-bond donors (Lipinski definition) is 3. The van der Waals surface area contributed by atoms with E-state index in [0.717, 1.165) is 0 Å². The highest BCUT2D eigenvalue weighted by atomic mass is 16.4. The summed E-state index contributed by atoms with van der Waals surface area (Å²) >= 11 is 0. The Kier molecular flexibility index (Phi) is 2.87. The number of aliphatic hydroxyl groups excluding tert-OH is 1. The second-order valence-corrected chi connectivity index (χ2v) is 3.36. The fraction of sp³-hybridized carbons (Fsp3) is 0.750. The molecular formula is C8H12O5. The van der Waals surface area contributed by atoms with Gasteiger partial charge in [0.25, 0.3) is 0 Å². The Balaban J connectivity index is 2.72. The van der Waals surface area contributed by atoms with E-state index in [4.69, 9.17) is 10.2 Å². The predicted octanol–water partition coefficient (Wildman–Crippen LogP) is -0.0672. The Morgan fingerprint density at radius 2 is 1.54 bits per heavy atom. The van der Waals surface area contributed by atoms with Gasteiger partial charge in [0.1, 0.15) is 0 Å². The largest absolute Gasteiger partial charge is 0.481 e. The first-order valence-electron chi connectivity index (χ1n) is 4.16. The van der Waals surface area contributed by atoms with Crippen molar-refractivity contribution in [3.8, 4) is 0 Å². The van der Waals surface area contributed by atoms with E-state index in [1.807, 2.05) is 0 Å². The van der Waals surface area contributed by atoms with Crippen molar-refractivity contribution in [3.63, 3.8) is 0 Å². The van der Waals surface area contributed by atoms with E-state index < -0.39 is 29.9 Å². The topological polar surface area (TPSA) is 94.8 Å². The molecule has 0 aromatic carbocycles. The maximum absolute atomic E-state index is 10.6. The van der Waals surface area contributed by atoms with E-state index in [0.29, 0.717) is 6.42 Å². The van der Waals surface area contributed by atoms with Gasteiger partial charge in [-0.2, -0.15) is 0 Å². The summed E-state index contributed by atoms with van der Waals surface area (Å²) < 4.78 is 0. The summed E-state index contributed by atoms with van der Waals surface area (Å²) in [6.07, 6.45) is -0.00255. The van der Waals surface area contributed by atoms with Gasteiger partial charge in [0.15, 0.2) is 0 Å². The maximum atomic E-state index is 10.6. The fourth-order valence-electron chi connectivity index (χ4n) is 1.72. The molecule has 1 aliphatic rings. The van der Waals surface area contributed by atoms with Crippen molar-refractivity contribution < 1.29 is 24.9 Å². The van der Waals surface area contributed by atoms with E-state index in [-0.39, 0.29) is 12.8 Å². The number of aliphatic carboxylic acids is 2. The third-order valence-electron chi connectivity index (χ3n) is 2.46. The van der Waals surface area contributed by atoms with Gasteiger partial charge in [-0.1, -0.05) is 0 Å². The van der Waals surface area contributed by atoms with Crippen LogP contribution in [0.4, 0.5) is 0 Å². The molecule has 0 heterocycles. The number of carboxylic acids is 2. The molecular weight excluding hydrogens is 176 g/mol. The molecule has 1 saturated carbocycles. The highest BCUT2D eigenvalue weighted by Gasteiger charge is 2.38. The molecule has 0 bridgehead atoms. The van der Waals surface area contributed by atoms with Gasteiger partial charge < -0.3 is 15.3 Å². The zero-order valence-electron chi connectivity index (χ0n) is 7.01. The monoisotopic (exact) mass is 188 g/mol. The van der Waals surface area contributed by atoms with Crippen molar-refractivity contribution >= 4 is 11.9 Å². The number of rotatable bonds is 2. The first-order chi connectivity index (χ1) is 6.02. The van der Waals surface area contributed by atoms with Crippen molar-refractivity contribution in [1.82, 2.24) is 0 Å². The van der Waals surface area contributed by atoms with Crippen LogP contribution in [0.15, 0.2) is 0 Å². The third-order valence-corrected chi connectivity index (χ3v) is 2.46. The second-order valence-electron chi connectivity index (χ2n) is 3.36. The summed E-state index contributed by atoms with van der Waals surface area (Å²) in [4.78, 5) is 21.3. The summed E-state index contributed by atoms with van der Waals surface area (Å²) in [5.74, 6) is -4.01. The molecule has 1 unspecified atom stereocenters. The van der Waals surface area contributed by atoms with E-state index in [1.54, 1.807) is 0 Å². The zero-order valence-corrected chi connectivity index (χ0v) is 7.01. The van der Waals surface area contributed by atoms with Gasteiger partial charge in [0.05, 0.1) is 17.9 Å². The Morgan fingerprint density at radius 1 is 1.00 bits per heavy atom. The normalized spacial score (nSPS) is 34.1. The molecule has 3 N–H and O–H groups in total. The minimum absolute atomic E-state index is 0.0479. The Bertz CT molecular complexity index is 225. The quantitative estimate of drug-likeness (QED) is 0.564.